The molecule has 0 heterocycles. The maximum absolute atomic E-state index is 11.5. The highest BCUT2D eigenvalue weighted by molar-refractivity contribution is 5.80. The number of guanidine groups is 1. The fraction of sp³-hybridized carbons (Fsp3) is 0.727. The van der Waals surface area contributed by atoms with Crippen LogP contribution in [0.3, 0.4) is 0 Å². The number of amides is 1. The van der Waals surface area contributed by atoms with Crippen LogP contribution in [0.4, 0.5) is 4.79 Å². The van der Waals surface area contributed by atoms with Crippen molar-refractivity contribution < 1.29 is 24.6 Å². The molecular formula is C11H23N5O5. The number of aliphatic carboxylic acids is 1. The molecule has 7 N–H and O–H groups in total. The molecule has 0 unspecified atom stereocenters. The molecule has 21 heavy (non-hydrogen) atoms. The molecule has 122 valence electrons. The molecule has 0 saturated heterocycles. The Morgan fingerprint density at radius 1 is 1.38 bits per heavy atom. The van der Waals surface area contributed by atoms with Crippen LogP contribution in [0.25, 0.3) is 0 Å². The van der Waals surface area contributed by atoms with Crippen LogP contribution in [0.2, 0.25) is 0 Å². The van der Waals surface area contributed by atoms with Crippen molar-refractivity contribution in [3.05, 3.63) is 0 Å². The van der Waals surface area contributed by atoms with Gasteiger partial charge in [-0.25, -0.2) is 9.59 Å². The van der Waals surface area contributed by atoms with Gasteiger partial charge in [0.25, 0.3) is 0 Å². The molecule has 0 aliphatic rings. The van der Waals surface area contributed by atoms with Crippen LogP contribution in [0, 0.1) is 0 Å². The summed E-state index contributed by atoms with van der Waals surface area (Å²) < 4.78 is 4.99. The predicted octanol–water partition coefficient (Wildman–Crippen LogP) is -0.457. The van der Waals surface area contributed by atoms with E-state index in [1.165, 1.54) is 0 Å². The second-order valence-corrected chi connectivity index (χ2v) is 5.18. The third-order valence-corrected chi connectivity index (χ3v) is 2.11. The van der Waals surface area contributed by atoms with Gasteiger partial charge < -0.3 is 20.9 Å². The second kappa shape index (κ2) is 8.97. The fourth-order valence-corrected chi connectivity index (χ4v) is 1.30. The van der Waals surface area contributed by atoms with E-state index in [-0.39, 0.29) is 18.9 Å². The van der Waals surface area contributed by atoms with Gasteiger partial charge in [0, 0.05) is 6.54 Å². The Hall–Kier alpha value is -2.07. The summed E-state index contributed by atoms with van der Waals surface area (Å²) >= 11 is 0. The summed E-state index contributed by atoms with van der Waals surface area (Å²) in [5.41, 5.74) is 8.37. The molecule has 10 heteroatoms. The number of nitrogens with one attached hydrogen (secondary N) is 3. The quantitative estimate of drug-likeness (QED) is 0.159. The lowest BCUT2D eigenvalue weighted by atomic mass is 10.1. The SMILES string of the molecule is CC(C)(C)OC(=O)N[C@H](CCCN=C(N)NNO)C(=O)O. The molecule has 0 aliphatic carbocycles. The van der Waals surface area contributed by atoms with Gasteiger partial charge in [-0.05, 0) is 33.6 Å². The summed E-state index contributed by atoms with van der Waals surface area (Å²) in [6, 6.07) is -1.07. The zero-order valence-corrected chi connectivity index (χ0v) is 12.3. The number of nitrogens with zero attached hydrogens (tertiary/aromatic N) is 1. The van der Waals surface area contributed by atoms with E-state index < -0.39 is 23.7 Å². The first-order valence-electron chi connectivity index (χ1n) is 6.33. The van der Waals surface area contributed by atoms with Gasteiger partial charge in [-0.1, -0.05) is 0 Å². The van der Waals surface area contributed by atoms with Gasteiger partial charge >= 0.3 is 12.1 Å². The summed E-state index contributed by atoms with van der Waals surface area (Å²) in [6.07, 6.45) is -0.248. The van der Waals surface area contributed by atoms with Crippen LogP contribution in [0.1, 0.15) is 33.6 Å². The van der Waals surface area contributed by atoms with E-state index in [1.54, 1.807) is 26.4 Å². The van der Waals surface area contributed by atoms with Crippen molar-refractivity contribution in [3.63, 3.8) is 0 Å². The standard InChI is InChI=1S/C11H23N5O5/c1-11(2,3)21-10(19)14-7(8(17)18)5-4-6-13-9(12)15-16-20/h7,16,20H,4-6H2,1-3H3,(H,14,19)(H,17,18)(H3,12,13,15)/t7-/m1/s1. The maximum Gasteiger partial charge on any atom is 0.408 e. The molecule has 1 atom stereocenters. The first-order valence-corrected chi connectivity index (χ1v) is 6.33. The smallest absolute Gasteiger partial charge is 0.408 e. The number of hydrogen-bond acceptors (Lipinski definition) is 6. The summed E-state index contributed by atoms with van der Waals surface area (Å²) in [7, 11) is 0. The highest BCUT2D eigenvalue weighted by Gasteiger charge is 2.23. The van der Waals surface area contributed by atoms with Gasteiger partial charge in [-0.2, -0.15) is 0 Å². The number of hydrogen-bond donors (Lipinski definition) is 6. The van der Waals surface area contributed by atoms with Crippen LogP contribution in [0.5, 0.6) is 0 Å². The Labute approximate surface area is 122 Å². The lowest BCUT2D eigenvalue weighted by Gasteiger charge is -2.21. The van der Waals surface area contributed by atoms with E-state index in [9.17, 15) is 9.59 Å². The van der Waals surface area contributed by atoms with Crippen LogP contribution in [-0.4, -0.2) is 46.5 Å². The maximum atomic E-state index is 11.5. The van der Waals surface area contributed by atoms with Gasteiger partial charge in [-0.15, -0.1) is 5.59 Å². The van der Waals surface area contributed by atoms with Crippen molar-refractivity contribution in [1.82, 2.24) is 16.3 Å². The predicted molar refractivity (Wildman–Crippen MR) is 74.6 cm³/mol. The Morgan fingerprint density at radius 3 is 2.48 bits per heavy atom. The summed E-state index contributed by atoms with van der Waals surface area (Å²) in [5, 5.41) is 19.6. The number of carbonyl (C=O) groups excluding carboxylic acids is 1. The Morgan fingerprint density at radius 2 is 2.00 bits per heavy atom. The van der Waals surface area contributed by atoms with Crippen molar-refractivity contribution in [2.24, 2.45) is 10.7 Å². The fourth-order valence-electron chi connectivity index (χ4n) is 1.30. The Kier molecular flexibility index (Phi) is 8.09. The molecular weight excluding hydrogens is 282 g/mol. The molecule has 0 aromatic heterocycles. The summed E-state index contributed by atoms with van der Waals surface area (Å²) in [4.78, 5) is 26.4. The number of hydrazine groups is 1. The van der Waals surface area contributed by atoms with E-state index in [1.807, 2.05) is 0 Å². The third-order valence-electron chi connectivity index (χ3n) is 2.11. The number of carboxylic acid groups (broad SMARTS) is 1. The molecule has 0 radical (unpaired) electrons. The Bertz CT molecular complexity index is 380. The largest absolute Gasteiger partial charge is 0.480 e. The van der Waals surface area contributed by atoms with Crippen molar-refractivity contribution in [2.45, 2.75) is 45.3 Å². The average Bonchev–Trinajstić information content (AvgIpc) is 2.30. The van der Waals surface area contributed by atoms with Crippen LogP contribution >= 0.6 is 0 Å². The number of aliphatic imine (C=N–C) groups is 1. The van der Waals surface area contributed by atoms with Gasteiger partial charge in [-0.3, -0.25) is 15.6 Å². The number of alkyl carbamates (subject to hydrolysis) is 1. The van der Waals surface area contributed by atoms with Gasteiger partial charge in [0.2, 0.25) is 5.96 Å². The van der Waals surface area contributed by atoms with Gasteiger partial charge in [0.05, 0.1) is 0 Å². The number of carbonyl (C=O) groups is 2. The molecule has 0 fully saturated rings. The topological polar surface area (TPSA) is 158 Å². The number of carboxylic acids is 1. The van der Waals surface area contributed by atoms with E-state index in [4.69, 9.17) is 20.8 Å². The third kappa shape index (κ3) is 10.4. The van der Waals surface area contributed by atoms with Gasteiger partial charge in [0.1, 0.15) is 11.6 Å². The molecule has 1 amide bonds. The van der Waals surface area contributed by atoms with E-state index in [0.29, 0.717) is 6.42 Å². The molecule has 0 bridgehead atoms. The minimum absolute atomic E-state index is 0.0375. The first-order chi connectivity index (χ1) is 9.65. The Balaban J connectivity index is 4.24. The molecule has 0 aromatic rings. The molecule has 0 rings (SSSR count). The average molecular weight is 305 g/mol. The zero-order chi connectivity index (χ0) is 16.5. The monoisotopic (exact) mass is 305 g/mol. The first kappa shape index (κ1) is 18.9. The number of nitrogens with two attached hydrogens (primary N) is 1. The minimum Gasteiger partial charge on any atom is -0.480 e. The van der Waals surface area contributed by atoms with E-state index >= 15 is 0 Å². The lowest BCUT2D eigenvalue weighted by Crippen LogP contribution is -2.43. The van der Waals surface area contributed by atoms with Crippen molar-refractivity contribution in [1.29, 1.82) is 0 Å². The zero-order valence-electron chi connectivity index (χ0n) is 12.3. The second-order valence-electron chi connectivity index (χ2n) is 5.18. The summed E-state index contributed by atoms with van der Waals surface area (Å²) in [5.74, 6) is -1.20. The van der Waals surface area contributed by atoms with Crippen molar-refractivity contribution in [3.8, 4) is 0 Å². The molecule has 0 spiro atoms. The number of rotatable bonds is 7. The van der Waals surface area contributed by atoms with E-state index in [0.717, 1.165) is 0 Å². The number of ether oxygens (including phenoxy) is 1. The molecule has 0 aromatic carbocycles. The molecule has 10 nitrogen and oxygen atoms in total. The van der Waals surface area contributed by atoms with Crippen LogP contribution < -0.4 is 22.1 Å². The van der Waals surface area contributed by atoms with E-state index in [2.05, 4.69) is 15.7 Å². The van der Waals surface area contributed by atoms with Crippen molar-refractivity contribution in [2.75, 3.05) is 6.54 Å². The highest BCUT2D eigenvalue weighted by atomic mass is 16.6. The lowest BCUT2D eigenvalue weighted by molar-refractivity contribution is -0.139. The van der Waals surface area contributed by atoms with Crippen LogP contribution in [-0.2, 0) is 9.53 Å². The minimum atomic E-state index is -1.16. The molecule has 0 aliphatic heterocycles. The van der Waals surface area contributed by atoms with Crippen LogP contribution in [0.15, 0.2) is 4.99 Å². The normalized spacial score (nSPS) is 13.4. The summed E-state index contributed by atoms with van der Waals surface area (Å²) in [6.45, 7) is 5.28. The van der Waals surface area contributed by atoms with Gasteiger partial charge in [0.15, 0.2) is 0 Å². The molecule has 0 saturated carbocycles. The van der Waals surface area contributed by atoms with Crippen molar-refractivity contribution >= 4 is 18.0 Å². The highest BCUT2D eigenvalue weighted by Crippen LogP contribution is 2.07.